The molecule has 0 aromatic heterocycles. The molecular formula is C13H16N2O. The maximum absolute atomic E-state index is 10.9. The van der Waals surface area contributed by atoms with E-state index >= 15 is 0 Å². The molecule has 0 spiro atoms. The topological polar surface area (TPSA) is 44.1 Å². The summed E-state index contributed by atoms with van der Waals surface area (Å²) in [5.41, 5.74) is 2.61. The molecule has 1 unspecified atom stereocenters. The summed E-state index contributed by atoms with van der Waals surface area (Å²) < 4.78 is 0. The number of hydrogen-bond acceptors (Lipinski definition) is 3. The monoisotopic (exact) mass is 216 g/mol. The van der Waals surface area contributed by atoms with E-state index in [0.29, 0.717) is 12.1 Å². The molecule has 0 N–H and O–H groups in total. The van der Waals surface area contributed by atoms with Crippen LogP contribution in [0.2, 0.25) is 0 Å². The number of rotatable bonds is 4. The van der Waals surface area contributed by atoms with E-state index in [1.54, 1.807) is 0 Å². The highest BCUT2D eigenvalue weighted by Gasteiger charge is 2.10. The number of nitrogens with zero attached hydrogens (tertiary/aromatic N) is 2. The summed E-state index contributed by atoms with van der Waals surface area (Å²) in [5.74, 6) is -0.0502. The number of anilines is 1. The molecule has 0 saturated carbocycles. The molecule has 0 aliphatic carbocycles. The normalized spacial score (nSPS) is 11.6. The molecule has 0 radical (unpaired) electrons. The second kappa shape index (κ2) is 5.32. The van der Waals surface area contributed by atoms with Crippen LogP contribution in [0.15, 0.2) is 18.2 Å². The van der Waals surface area contributed by atoms with Crippen LogP contribution in [0.25, 0.3) is 0 Å². The van der Waals surface area contributed by atoms with Crippen molar-refractivity contribution in [2.45, 2.75) is 13.8 Å². The van der Waals surface area contributed by atoms with Gasteiger partial charge in [-0.3, -0.25) is 4.79 Å². The van der Waals surface area contributed by atoms with Gasteiger partial charge in [-0.05, 0) is 26.0 Å². The van der Waals surface area contributed by atoms with Crippen molar-refractivity contribution in [1.29, 1.82) is 5.26 Å². The number of benzene rings is 1. The molecule has 1 aromatic rings. The molecule has 0 saturated heterocycles. The van der Waals surface area contributed by atoms with Crippen molar-refractivity contribution in [3.8, 4) is 6.07 Å². The predicted octanol–water partition coefficient (Wildman–Crippen LogP) is 2.40. The third-order valence-corrected chi connectivity index (χ3v) is 2.49. The minimum Gasteiger partial charge on any atom is -0.373 e. The van der Waals surface area contributed by atoms with Crippen LogP contribution in [0.5, 0.6) is 0 Å². The molecule has 0 fully saturated rings. The number of nitriles is 1. The van der Waals surface area contributed by atoms with Gasteiger partial charge >= 0.3 is 0 Å². The van der Waals surface area contributed by atoms with Gasteiger partial charge in [-0.1, -0.05) is 11.6 Å². The maximum Gasteiger partial charge on any atom is 0.152 e. The third kappa shape index (κ3) is 2.83. The van der Waals surface area contributed by atoms with Crippen molar-refractivity contribution in [3.05, 3.63) is 29.3 Å². The van der Waals surface area contributed by atoms with Gasteiger partial charge in [0.2, 0.25) is 0 Å². The fraction of sp³-hybridized carbons (Fsp3) is 0.385. The molecular weight excluding hydrogens is 200 g/mol. The van der Waals surface area contributed by atoms with Crippen molar-refractivity contribution < 1.29 is 4.79 Å². The summed E-state index contributed by atoms with van der Waals surface area (Å²) in [7, 11) is 1.89. The Morgan fingerprint density at radius 2 is 2.25 bits per heavy atom. The third-order valence-electron chi connectivity index (χ3n) is 2.49. The minimum absolute atomic E-state index is 0.0502. The average Bonchev–Trinajstić information content (AvgIpc) is 2.28. The van der Waals surface area contributed by atoms with Crippen LogP contribution in [-0.4, -0.2) is 19.9 Å². The Hall–Kier alpha value is -1.82. The fourth-order valence-electron chi connectivity index (χ4n) is 1.67. The van der Waals surface area contributed by atoms with E-state index in [4.69, 9.17) is 5.26 Å². The van der Waals surface area contributed by atoms with Gasteiger partial charge in [0.05, 0.1) is 12.0 Å². The summed E-state index contributed by atoms with van der Waals surface area (Å²) in [6.45, 7) is 4.44. The Morgan fingerprint density at radius 3 is 2.81 bits per heavy atom. The lowest BCUT2D eigenvalue weighted by molar-refractivity contribution is 0.112. The molecule has 0 bridgehead atoms. The number of aryl methyl sites for hydroxylation is 1. The predicted molar refractivity (Wildman–Crippen MR) is 64.6 cm³/mol. The van der Waals surface area contributed by atoms with E-state index in [1.807, 2.05) is 44.0 Å². The van der Waals surface area contributed by atoms with Gasteiger partial charge in [0.15, 0.2) is 6.29 Å². The number of carbonyl (C=O) groups is 1. The zero-order chi connectivity index (χ0) is 12.1. The van der Waals surface area contributed by atoms with E-state index in [0.717, 1.165) is 17.5 Å². The van der Waals surface area contributed by atoms with E-state index in [-0.39, 0.29) is 5.92 Å². The highest BCUT2D eigenvalue weighted by atomic mass is 16.1. The second-order valence-electron chi connectivity index (χ2n) is 4.09. The lowest BCUT2D eigenvalue weighted by atomic mass is 10.1. The molecule has 84 valence electrons. The van der Waals surface area contributed by atoms with Crippen LogP contribution in [0, 0.1) is 24.2 Å². The highest BCUT2D eigenvalue weighted by molar-refractivity contribution is 5.84. The summed E-state index contributed by atoms with van der Waals surface area (Å²) in [6.07, 6.45) is 0.857. The number of hydrogen-bond donors (Lipinski definition) is 0. The van der Waals surface area contributed by atoms with E-state index in [1.165, 1.54) is 0 Å². The summed E-state index contributed by atoms with van der Waals surface area (Å²) in [4.78, 5) is 12.9. The molecule has 1 aromatic carbocycles. The fourth-order valence-corrected chi connectivity index (χ4v) is 1.67. The Morgan fingerprint density at radius 1 is 1.56 bits per heavy atom. The minimum atomic E-state index is -0.0502. The van der Waals surface area contributed by atoms with Gasteiger partial charge in [0.25, 0.3) is 0 Å². The number of aldehydes is 1. The SMILES string of the molecule is Cc1ccc(N(C)CC(C)C#N)c(C=O)c1. The molecule has 16 heavy (non-hydrogen) atoms. The highest BCUT2D eigenvalue weighted by Crippen LogP contribution is 2.20. The van der Waals surface area contributed by atoms with Crippen molar-refractivity contribution in [3.63, 3.8) is 0 Å². The van der Waals surface area contributed by atoms with Crippen LogP contribution < -0.4 is 4.90 Å². The van der Waals surface area contributed by atoms with Crippen LogP contribution in [0.4, 0.5) is 5.69 Å². The molecule has 0 amide bonds. The zero-order valence-corrected chi connectivity index (χ0v) is 9.90. The molecule has 0 aliphatic heterocycles. The average molecular weight is 216 g/mol. The van der Waals surface area contributed by atoms with Gasteiger partial charge in [-0.15, -0.1) is 0 Å². The Bertz CT molecular complexity index is 420. The Kier molecular flexibility index (Phi) is 4.07. The largest absolute Gasteiger partial charge is 0.373 e. The first-order chi connectivity index (χ1) is 7.58. The molecule has 3 nitrogen and oxygen atoms in total. The van der Waals surface area contributed by atoms with Gasteiger partial charge in [-0.25, -0.2) is 0 Å². The van der Waals surface area contributed by atoms with Crippen LogP contribution in [-0.2, 0) is 0 Å². The Labute approximate surface area is 96.3 Å². The van der Waals surface area contributed by atoms with Gasteiger partial charge in [0.1, 0.15) is 0 Å². The van der Waals surface area contributed by atoms with Crippen molar-refractivity contribution in [2.75, 3.05) is 18.5 Å². The lowest BCUT2D eigenvalue weighted by Crippen LogP contribution is -2.24. The van der Waals surface area contributed by atoms with Gasteiger partial charge in [-0.2, -0.15) is 5.26 Å². The smallest absolute Gasteiger partial charge is 0.152 e. The van der Waals surface area contributed by atoms with Gasteiger partial charge < -0.3 is 4.90 Å². The second-order valence-corrected chi connectivity index (χ2v) is 4.09. The van der Waals surface area contributed by atoms with Crippen molar-refractivity contribution >= 4 is 12.0 Å². The van der Waals surface area contributed by atoms with Crippen molar-refractivity contribution in [1.82, 2.24) is 0 Å². The maximum atomic E-state index is 10.9. The molecule has 0 heterocycles. The Balaban J connectivity index is 2.95. The van der Waals surface area contributed by atoms with E-state index in [2.05, 4.69) is 6.07 Å². The molecule has 1 atom stereocenters. The number of carbonyl (C=O) groups excluding carboxylic acids is 1. The summed E-state index contributed by atoms with van der Waals surface area (Å²) >= 11 is 0. The van der Waals surface area contributed by atoms with Gasteiger partial charge in [0, 0.05) is 24.8 Å². The first kappa shape index (κ1) is 12.3. The lowest BCUT2D eigenvalue weighted by Gasteiger charge is -2.22. The van der Waals surface area contributed by atoms with Crippen LogP contribution in [0.1, 0.15) is 22.8 Å². The quantitative estimate of drug-likeness (QED) is 0.726. The van der Waals surface area contributed by atoms with E-state index in [9.17, 15) is 4.79 Å². The summed E-state index contributed by atoms with van der Waals surface area (Å²) in [6, 6.07) is 7.93. The molecule has 3 heteroatoms. The summed E-state index contributed by atoms with van der Waals surface area (Å²) in [5, 5.41) is 8.75. The van der Waals surface area contributed by atoms with Crippen LogP contribution in [0.3, 0.4) is 0 Å². The van der Waals surface area contributed by atoms with E-state index < -0.39 is 0 Å². The van der Waals surface area contributed by atoms with Crippen molar-refractivity contribution in [2.24, 2.45) is 5.92 Å². The molecule has 0 aliphatic rings. The standard InChI is InChI=1S/C13H16N2O/c1-10-4-5-13(12(6-10)9-16)15(3)8-11(2)7-14/h4-6,9,11H,8H2,1-3H3. The van der Waals surface area contributed by atoms with Crippen LogP contribution >= 0.6 is 0 Å². The zero-order valence-electron chi connectivity index (χ0n) is 9.90. The molecule has 1 rings (SSSR count). The first-order valence-corrected chi connectivity index (χ1v) is 5.25. The first-order valence-electron chi connectivity index (χ1n) is 5.25.